The molecule has 1 atom stereocenters. The number of halogens is 1. The molecule has 8 nitrogen and oxygen atoms in total. The summed E-state index contributed by atoms with van der Waals surface area (Å²) in [5.74, 6) is 2.15. The van der Waals surface area contributed by atoms with E-state index in [-0.39, 0.29) is 35.9 Å². The number of carbonyl (C=O) groups excluding carboxylic acids is 1. The average molecular weight is 530 g/mol. The lowest BCUT2D eigenvalue weighted by atomic mass is 10.1. The molecule has 0 aliphatic heterocycles. The van der Waals surface area contributed by atoms with Gasteiger partial charge in [-0.2, -0.15) is 0 Å². The van der Waals surface area contributed by atoms with Crippen LogP contribution in [-0.4, -0.2) is 45.2 Å². The van der Waals surface area contributed by atoms with E-state index in [4.69, 9.17) is 13.9 Å². The van der Waals surface area contributed by atoms with Gasteiger partial charge in [-0.05, 0) is 50.6 Å². The molecule has 166 valence electrons. The van der Waals surface area contributed by atoms with Crippen molar-refractivity contribution < 1.29 is 18.7 Å². The molecule has 9 heteroatoms. The van der Waals surface area contributed by atoms with Gasteiger partial charge in [-0.25, -0.2) is 0 Å². The van der Waals surface area contributed by atoms with Crippen molar-refractivity contribution in [3.05, 3.63) is 47.9 Å². The zero-order valence-corrected chi connectivity index (χ0v) is 20.2. The Labute approximate surface area is 194 Å². The predicted octanol–water partition coefficient (Wildman–Crippen LogP) is 3.35. The summed E-state index contributed by atoms with van der Waals surface area (Å²) >= 11 is 0. The molecule has 0 spiro atoms. The standard InChI is InChI=1S/C21H30N4O4.HI/c1-5-27-17-10-9-16(14-19(17)28-6-2)15(3)25-21(22-4)24-12-11-23-20(26)18-8-7-13-29-18;/h7-10,13-15H,5-6,11-12H2,1-4H3,(H,23,26)(H2,22,24,25);1H. The Balaban J connectivity index is 0.00000450. The first-order chi connectivity index (χ1) is 14.1. The molecule has 1 amide bonds. The fraction of sp³-hybridized carbons (Fsp3) is 0.429. The highest BCUT2D eigenvalue weighted by Gasteiger charge is 2.13. The maximum atomic E-state index is 11.8. The van der Waals surface area contributed by atoms with Crippen molar-refractivity contribution >= 4 is 35.8 Å². The largest absolute Gasteiger partial charge is 0.490 e. The molecule has 3 N–H and O–H groups in total. The summed E-state index contributed by atoms with van der Waals surface area (Å²) in [6, 6.07) is 9.19. The van der Waals surface area contributed by atoms with Crippen LogP contribution in [-0.2, 0) is 0 Å². The van der Waals surface area contributed by atoms with Gasteiger partial charge in [0, 0.05) is 20.1 Å². The summed E-state index contributed by atoms with van der Waals surface area (Å²) in [6.07, 6.45) is 1.47. The van der Waals surface area contributed by atoms with Crippen molar-refractivity contribution in [1.82, 2.24) is 16.0 Å². The zero-order valence-electron chi connectivity index (χ0n) is 17.9. The first-order valence-electron chi connectivity index (χ1n) is 9.77. The number of ether oxygens (including phenoxy) is 2. The zero-order chi connectivity index (χ0) is 21.1. The quantitative estimate of drug-likeness (QED) is 0.189. The smallest absolute Gasteiger partial charge is 0.287 e. The average Bonchev–Trinajstić information content (AvgIpc) is 3.26. The third-order valence-corrected chi connectivity index (χ3v) is 4.09. The van der Waals surface area contributed by atoms with Gasteiger partial charge in [-0.15, -0.1) is 24.0 Å². The van der Waals surface area contributed by atoms with Crippen molar-refractivity contribution in [2.45, 2.75) is 26.8 Å². The number of amides is 1. The molecular weight excluding hydrogens is 499 g/mol. The number of benzene rings is 1. The Hall–Kier alpha value is -2.43. The molecule has 2 rings (SSSR count). The first kappa shape index (κ1) is 25.6. The van der Waals surface area contributed by atoms with E-state index in [2.05, 4.69) is 20.9 Å². The SMILES string of the molecule is CCOc1ccc(C(C)NC(=NC)NCCNC(=O)c2ccco2)cc1OCC.I. The van der Waals surface area contributed by atoms with Gasteiger partial charge in [-0.1, -0.05) is 6.07 Å². The van der Waals surface area contributed by atoms with E-state index >= 15 is 0 Å². The summed E-state index contributed by atoms with van der Waals surface area (Å²) in [6.45, 7) is 8.04. The predicted molar refractivity (Wildman–Crippen MR) is 128 cm³/mol. The minimum absolute atomic E-state index is 0. The number of hydrogen-bond acceptors (Lipinski definition) is 5. The lowest BCUT2D eigenvalue weighted by Gasteiger charge is -2.20. The highest BCUT2D eigenvalue weighted by molar-refractivity contribution is 14.0. The van der Waals surface area contributed by atoms with E-state index in [1.54, 1.807) is 19.2 Å². The molecule has 1 heterocycles. The molecule has 0 bridgehead atoms. The van der Waals surface area contributed by atoms with Crippen LogP contribution in [0.5, 0.6) is 11.5 Å². The monoisotopic (exact) mass is 530 g/mol. The number of carbonyl (C=O) groups is 1. The molecular formula is C21H31IN4O4. The van der Waals surface area contributed by atoms with Crippen LogP contribution in [0.3, 0.4) is 0 Å². The van der Waals surface area contributed by atoms with Crippen molar-refractivity contribution in [1.29, 1.82) is 0 Å². The molecule has 1 unspecified atom stereocenters. The highest BCUT2D eigenvalue weighted by Crippen LogP contribution is 2.30. The van der Waals surface area contributed by atoms with Crippen molar-refractivity contribution in [3.8, 4) is 11.5 Å². The topological polar surface area (TPSA) is 97.1 Å². The van der Waals surface area contributed by atoms with Crippen LogP contribution in [0.15, 0.2) is 46.0 Å². The number of hydrogen-bond donors (Lipinski definition) is 3. The van der Waals surface area contributed by atoms with Crippen LogP contribution < -0.4 is 25.4 Å². The van der Waals surface area contributed by atoms with Crippen LogP contribution in [0.2, 0.25) is 0 Å². The molecule has 2 aromatic rings. The minimum Gasteiger partial charge on any atom is -0.490 e. The van der Waals surface area contributed by atoms with Crippen molar-refractivity contribution in [2.24, 2.45) is 4.99 Å². The Morgan fingerprint density at radius 3 is 2.43 bits per heavy atom. The number of nitrogens with zero attached hydrogens (tertiary/aromatic N) is 1. The van der Waals surface area contributed by atoms with Gasteiger partial charge < -0.3 is 29.8 Å². The van der Waals surface area contributed by atoms with Crippen LogP contribution >= 0.6 is 24.0 Å². The van der Waals surface area contributed by atoms with Gasteiger partial charge >= 0.3 is 0 Å². The van der Waals surface area contributed by atoms with Crippen LogP contribution in [0.1, 0.15) is 42.9 Å². The number of aliphatic imine (C=N–C) groups is 1. The number of guanidine groups is 1. The first-order valence-corrected chi connectivity index (χ1v) is 9.77. The highest BCUT2D eigenvalue weighted by atomic mass is 127. The van der Waals surface area contributed by atoms with E-state index in [1.807, 2.05) is 39.0 Å². The maximum absolute atomic E-state index is 11.8. The molecule has 30 heavy (non-hydrogen) atoms. The second-order valence-corrected chi connectivity index (χ2v) is 6.17. The van der Waals surface area contributed by atoms with Crippen LogP contribution in [0.4, 0.5) is 0 Å². The van der Waals surface area contributed by atoms with Gasteiger partial charge in [-0.3, -0.25) is 9.79 Å². The third-order valence-electron chi connectivity index (χ3n) is 4.09. The van der Waals surface area contributed by atoms with Gasteiger partial charge in [0.15, 0.2) is 23.2 Å². The van der Waals surface area contributed by atoms with E-state index in [1.165, 1.54) is 6.26 Å². The molecule has 0 saturated heterocycles. The second kappa shape index (κ2) is 13.7. The van der Waals surface area contributed by atoms with Crippen LogP contribution in [0, 0.1) is 0 Å². The Kier molecular flexibility index (Phi) is 11.7. The number of rotatable bonds is 10. The molecule has 0 saturated carbocycles. The summed E-state index contributed by atoms with van der Waals surface area (Å²) in [5, 5.41) is 9.29. The van der Waals surface area contributed by atoms with E-state index < -0.39 is 0 Å². The minimum atomic E-state index is -0.244. The summed E-state index contributed by atoms with van der Waals surface area (Å²) < 4.78 is 16.4. The normalized spacial score (nSPS) is 11.8. The van der Waals surface area contributed by atoms with Crippen LogP contribution in [0.25, 0.3) is 0 Å². The molecule has 1 aromatic carbocycles. The molecule has 1 aromatic heterocycles. The second-order valence-electron chi connectivity index (χ2n) is 6.17. The van der Waals surface area contributed by atoms with E-state index in [9.17, 15) is 4.79 Å². The van der Waals surface area contributed by atoms with Crippen molar-refractivity contribution in [2.75, 3.05) is 33.4 Å². The number of furan rings is 1. The Bertz CT molecular complexity index is 796. The van der Waals surface area contributed by atoms with Gasteiger partial charge in [0.05, 0.1) is 25.5 Å². The van der Waals surface area contributed by atoms with Gasteiger partial charge in [0.25, 0.3) is 5.91 Å². The Morgan fingerprint density at radius 1 is 1.10 bits per heavy atom. The van der Waals surface area contributed by atoms with Gasteiger partial charge in [0.2, 0.25) is 0 Å². The molecule has 0 aliphatic rings. The third kappa shape index (κ3) is 7.77. The number of nitrogens with one attached hydrogen (secondary N) is 3. The van der Waals surface area contributed by atoms with E-state index in [0.717, 1.165) is 17.1 Å². The Morgan fingerprint density at radius 2 is 1.80 bits per heavy atom. The van der Waals surface area contributed by atoms with E-state index in [0.29, 0.717) is 38.0 Å². The molecule has 0 aliphatic carbocycles. The fourth-order valence-corrected chi connectivity index (χ4v) is 2.67. The molecule has 0 fully saturated rings. The van der Waals surface area contributed by atoms with Gasteiger partial charge in [0.1, 0.15) is 0 Å². The summed E-state index contributed by atoms with van der Waals surface area (Å²) in [5.41, 5.74) is 1.05. The maximum Gasteiger partial charge on any atom is 0.287 e. The molecule has 0 radical (unpaired) electrons. The lowest BCUT2D eigenvalue weighted by Crippen LogP contribution is -2.42. The van der Waals surface area contributed by atoms with Crippen molar-refractivity contribution in [3.63, 3.8) is 0 Å². The summed E-state index contributed by atoms with van der Waals surface area (Å²) in [7, 11) is 1.70. The lowest BCUT2D eigenvalue weighted by molar-refractivity contribution is 0.0926. The fourth-order valence-electron chi connectivity index (χ4n) is 2.67. The summed E-state index contributed by atoms with van der Waals surface area (Å²) in [4.78, 5) is 16.1.